The monoisotopic (exact) mass is 268 g/mol. The fourth-order valence-corrected chi connectivity index (χ4v) is 1.93. The number of hydrogen-bond acceptors (Lipinski definition) is 3. The maximum absolute atomic E-state index is 5.72. The minimum atomic E-state index is -0.0442. The maximum atomic E-state index is 5.72. The number of hydrogen-bond donors (Lipinski definition) is 1. The van der Waals surface area contributed by atoms with Gasteiger partial charge in [0.2, 0.25) is 0 Å². The van der Waals surface area contributed by atoms with Crippen LogP contribution in [0.4, 0.5) is 0 Å². The number of thiocarbonyl (C=S) groups is 1. The number of nitrogens with zero attached hydrogens (tertiary/aromatic N) is 1. The van der Waals surface area contributed by atoms with Crippen LogP contribution >= 0.6 is 12.2 Å². The lowest BCUT2D eigenvalue weighted by Gasteiger charge is -2.24. The standard InChI is InChI=1S/C14H24N2OS/c1-11-6-7-12(17-11)10-16(4)9-5-8-14(2,3)13(15)18/h6-7H,5,8-10H2,1-4H3,(H2,15,18). The van der Waals surface area contributed by atoms with Crippen LogP contribution in [0.3, 0.4) is 0 Å². The Morgan fingerprint density at radius 2 is 2.11 bits per heavy atom. The van der Waals surface area contributed by atoms with E-state index in [0.717, 1.165) is 37.5 Å². The van der Waals surface area contributed by atoms with E-state index in [-0.39, 0.29) is 5.41 Å². The van der Waals surface area contributed by atoms with Crippen LogP contribution in [0.25, 0.3) is 0 Å². The highest BCUT2D eigenvalue weighted by atomic mass is 32.1. The fourth-order valence-electron chi connectivity index (χ4n) is 1.83. The molecule has 0 aliphatic carbocycles. The molecule has 2 N–H and O–H groups in total. The minimum absolute atomic E-state index is 0.0442. The molecule has 0 unspecified atom stereocenters. The summed E-state index contributed by atoms with van der Waals surface area (Å²) in [6.07, 6.45) is 2.10. The van der Waals surface area contributed by atoms with Crippen molar-refractivity contribution in [3.8, 4) is 0 Å². The molecule has 0 aromatic carbocycles. The van der Waals surface area contributed by atoms with Gasteiger partial charge in [-0.05, 0) is 45.5 Å². The Morgan fingerprint density at radius 1 is 1.44 bits per heavy atom. The molecule has 4 heteroatoms. The molecule has 0 radical (unpaired) electrons. The van der Waals surface area contributed by atoms with Crippen molar-refractivity contribution in [2.75, 3.05) is 13.6 Å². The zero-order chi connectivity index (χ0) is 13.8. The molecule has 0 aliphatic rings. The van der Waals surface area contributed by atoms with Gasteiger partial charge in [-0.25, -0.2) is 0 Å². The second-order valence-corrected chi connectivity index (χ2v) is 6.04. The van der Waals surface area contributed by atoms with E-state index in [1.807, 2.05) is 19.1 Å². The van der Waals surface area contributed by atoms with E-state index in [4.69, 9.17) is 22.4 Å². The quantitative estimate of drug-likeness (QED) is 0.772. The first-order valence-corrected chi connectivity index (χ1v) is 6.76. The third kappa shape index (κ3) is 4.78. The number of aryl methyl sites for hydroxylation is 1. The van der Waals surface area contributed by atoms with Crippen molar-refractivity contribution < 1.29 is 4.42 Å². The predicted molar refractivity (Wildman–Crippen MR) is 79.6 cm³/mol. The maximum Gasteiger partial charge on any atom is 0.118 e. The van der Waals surface area contributed by atoms with Gasteiger partial charge in [0.25, 0.3) is 0 Å². The molecule has 0 atom stereocenters. The van der Waals surface area contributed by atoms with Crippen LogP contribution in [-0.2, 0) is 6.54 Å². The van der Waals surface area contributed by atoms with E-state index in [0.29, 0.717) is 4.99 Å². The number of furan rings is 1. The molecular formula is C14H24N2OS. The van der Waals surface area contributed by atoms with E-state index in [1.54, 1.807) is 0 Å². The Hall–Kier alpha value is -0.870. The number of rotatable bonds is 7. The molecule has 18 heavy (non-hydrogen) atoms. The molecule has 1 rings (SSSR count). The highest BCUT2D eigenvalue weighted by molar-refractivity contribution is 7.80. The highest BCUT2D eigenvalue weighted by Gasteiger charge is 2.20. The molecule has 0 fully saturated rings. The zero-order valence-electron chi connectivity index (χ0n) is 11.8. The lowest BCUT2D eigenvalue weighted by Crippen LogP contribution is -2.30. The van der Waals surface area contributed by atoms with E-state index in [9.17, 15) is 0 Å². The fraction of sp³-hybridized carbons (Fsp3) is 0.643. The smallest absolute Gasteiger partial charge is 0.118 e. The second-order valence-electron chi connectivity index (χ2n) is 5.60. The Balaban J connectivity index is 2.29. The normalized spacial score (nSPS) is 12.1. The molecule has 3 nitrogen and oxygen atoms in total. The van der Waals surface area contributed by atoms with Gasteiger partial charge in [-0.2, -0.15) is 0 Å². The molecule has 102 valence electrons. The summed E-state index contributed by atoms with van der Waals surface area (Å²) >= 11 is 5.07. The Bertz CT molecular complexity index is 398. The lowest BCUT2D eigenvalue weighted by molar-refractivity contribution is 0.275. The average Bonchev–Trinajstić information content (AvgIpc) is 2.63. The van der Waals surface area contributed by atoms with Gasteiger partial charge in [0.15, 0.2) is 0 Å². The molecule has 0 bridgehead atoms. The third-order valence-corrected chi connectivity index (χ3v) is 3.78. The first-order chi connectivity index (χ1) is 8.31. The van der Waals surface area contributed by atoms with Crippen LogP contribution in [0.15, 0.2) is 16.5 Å². The van der Waals surface area contributed by atoms with Gasteiger partial charge >= 0.3 is 0 Å². The molecule has 0 saturated carbocycles. The van der Waals surface area contributed by atoms with Crippen molar-refractivity contribution in [3.63, 3.8) is 0 Å². The summed E-state index contributed by atoms with van der Waals surface area (Å²) in [4.78, 5) is 2.86. The van der Waals surface area contributed by atoms with E-state index in [1.165, 1.54) is 0 Å². The van der Waals surface area contributed by atoms with Crippen LogP contribution < -0.4 is 5.73 Å². The Morgan fingerprint density at radius 3 is 2.61 bits per heavy atom. The van der Waals surface area contributed by atoms with Crippen molar-refractivity contribution in [3.05, 3.63) is 23.7 Å². The van der Waals surface area contributed by atoms with Crippen molar-refractivity contribution in [1.82, 2.24) is 4.90 Å². The molecule has 1 heterocycles. The molecule has 0 amide bonds. The van der Waals surface area contributed by atoms with Gasteiger partial charge in [0.05, 0.1) is 11.5 Å². The lowest BCUT2D eigenvalue weighted by atomic mass is 9.88. The first kappa shape index (κ1) is 15.2. The second kappa shape index (κ2) is 6.34. The van der Waals surface area contributed by atoms with Gasteiger partial charge in [-0.3, -0.25) is 4.90 Å². The summed E-state index contributed by atoms with van der Waals surface area (Å²) in [7, 11) is 2.10. The summed E-state index contributed by atoms with van der Waals surface area (Å²) in [5, 5.41) is 0. The summed E-state index contributed by atoms with van der Waals surface area (Å²) in [6.45, 7) is 8.04. The van der Waals surface area contributed by atoms with Crippen LogP contribution in [0.1, 0.15) is 38.2 Å². The SMILES string of the molecule is Cc1ccc(CN(C)CCCC(C)(C)C(N)=S)o1. The van der Waals surface area contributed by atoms with Crippen LogP contribution in [0.2, 0.25) is 0 Å². The zero-order valence-corrected chi connectivity index (χ0v) is 12.6. The van der Waals surface area contributed by atoms with Gasteiger partial charge in [-0.1, -0.05) is 26.1 Å². The summed E-state index contributed by atoms with van der Waals surface area (Å²) in [5.41, 5.74) is 5.67. The van der Waals surface area contributed by atoms with Crippen molar-refractivity contribution in [1.29, 1.82) is 0 Å². The van der Waals surface area contributed by atoms with Crippen molar-refractivity contribution in [2.24, 2.45) is 11.1 Å². The highest BCUT2D eigenvalue weighted by Crippen LogP contribution is 2.22. The van der Waals surface area contributed by atoms with Gasteiger partial charge < -0.3 is 10.2 Å². The predicted octanol–water partition coefficient (Wildman–Crippen LogP) is 3.11. The molecule has 1 aromatic heterocycles. The van der Waals surface area contributed by atoms with E-state index >= 15 is 0 Å². The Labute approximate surface area is 115 Å². The molecule has 1 aromatic rings. The largest absolute Gasteiger partial charge is 0.465 e. The molecule has 0 aliphatic heterocycles. The van der Waals surface area contributed by atoms with Crippen LogP contribution in [0.5, 0.6) is 0 Å². The minimum Gasteiger partial charge on any atom is -0.465 e. The number of nitrogens with two attached hydrogens (primary N) is 1. The molecule has 0 saturated heterocycles. The van der Waals surface area contributed by atoms with Gasteiger partial charge in [-0.15, -0.1) is 0 Å². The summed E-state index contributed by atoms with van der Waals surface area (Å²) in [6, 6.07) is 4.03. The summed E-state index contributed by atoms with van der Waals surface area (Å²) in [5.74, 6) is 1.98. The van der Waals surface area contributed by atoms with E-state index < -0.39 is 0 Å². The van der Waals surface area contributed by atoms with E-state index in [2.05, 4.69) is 25.8 Å². The average molecular weight is 268 g/mol. The Kier molecular flexibility index (Phi) is 5.35. The van der Waals surface area contributed by atoms with Crippen LogP contribution in [-0.4, -0.2) is 23.5 Å². The van der Waals surface area contributed by atoms with Crippen molar-refractivity contribution in [2.45, 2.75) is 40.2 Å². The van der Waals surface area contributed by atoms with Crippen molar-refractivity contribution >= 4 is 17.2 Å². The topological polar surface area (TPSA) is 42.4 Å². The van der Waals surface area contributed by atoms with Gasteiger partial charge in [0.1, 0.15) is 11.5 Å². The third-order valence-electron chi connectivity index (χ3n) is 3.23. The summed E-state index contributed by atoms with van der Waals surface area (Å²) < 4.78 is 5.56. The molecular weight excluding hydrogens is 244 g/mol. The van der Waals surface area contributed by atoms with Crippen LogP contribution in [0, 0.1) is 12.3 Å². The van der Waals surface area contributed by atoms with Gasteiger partial charge in [0, 0.05) is 5.41 Å². The molecule has 0 spiro atoms. The first-order valence-electron chi connectivity index (χ1n) is 6.35.